The maximum atomic E-state index is 12.5. The topological polar surface area (TPSA) is 75.7 Å². The van der Waals surface area contributed by atoms with Gasteiger partial charge in [0.25, 0.3) is 0 Å². The predicted molar refractivity (Wildman–Crippen MR) is 98.3 cm³/mol. The second kappa shape index (κ2) is 8.67. The number of carbonyl (C=O) groups is 1. The van der Waals surface area contributed by atoms with Crippen molar-refractivity contribution in [3.63, 3.8) is 0 Å². The number of anilines is 1. The number of ether oxygens (including phenoxy) is 1. The Balaban J connectivity index is 2.17. The van der Waals surface area contributed by atoms with Crippen LogP contribution < -0.4 is 10.1 Å². The van der Waals surface area contributed by atoms with Gasteiger partial charge in [0.05, 0.1) is 6.61 Å². The van der Waals surface area contributed by atoms with E-state index in [2.05, 4.69) is 5.32 Å². The Labute approximate surface area is 150 Å². The molecule has 7 heteroatoms. The highest BCUT2D eigenvalue weighted by molar-refractivity contribution is 7.89. The molecule has 0 aliphatic heterocycles. The molecular weight excluding hydrogens is 340 g/mol. The van der Waals surface area contributed by atoms with Crippen molar-refractivity contribution in [2.24, 2.45) is 5.92 Å². The highest BCUT2D eigenvalue weighted by atomic mass is 32.2. The van der Waals surface area contributed by atoms with Crippen LogP contribution in [0.4, 0.5) is 5.69 Å². The average molecular weight is 368 g/mol. The van der Waals surface area contributed by atoms with Gasteiger partial charge < -0.3 is 10.1 Å². The van der Waals surface area contributed by atoms with Crippen LogP contribution in [0.2, 0.25) is 0 Å². The van der Waals surface area contributed by atoms with Crippen molar-refractivity contribution < 1.29 is 17.9 Å². The molecule has 1 aliphatic rings. The predicted octanol–water partition coefficient (Wildman–Crippen LogP) is 3.24. The smallest absolute Gasteiger partial charge is 0.246 e. The molecule has 6 nitrogen and oxygen atoms in total. The summed E-state index contributed by atoms with van der Waals surface area (Å²) in [5.74, 6) is 0.659. The Morgan fingerprint density at radius 2 is 1.92 bits per heavy atom. The molecule has 0 saturated heterocycles. The molecule has 1 aromatic carbocycles. The van der Waals surface area contributed by atoms with Crippen LogP contribution in [0.15, 0.2) is 23.1 Å². The van der Waals surface area contributed by atoms with Gasteiger partial charge in [-0.25, -0.2) is 12.7 Å². The van der Waals surface area contributed by atoms with E-state index in [1.807, 2.05) is 0 Å². The number of nitrogens with zero attached hydrogens (tertiary/aromatic N) is 1. The number of nitrogens with one attached hydrogen (secondary N) is 1. The molecule has 1 N–H and O–H groups in total. The lowest BCUT2D eigenvalue weighted by Gasteiger charge is -2.21. The molecule has 0 bridgehead atoms. The van der Waals surface area contributed by atoms with E-state index in [0.29, 0.717) is 30.4 Å². The lowest BCUT2D eigenvalue weighted by atomic mass is 9.87. The Kier molecular flexibility index (Phi) is 6.84. The minimum atomic E-state index is -3.66. The van der Waals surface area contributed by atoms with Crippen LogP contribution >= 0.6 is 0 Å². The monoisotopic (exact) mass is 368 g/mol. The van der Waals surface area contributed by atoms with Gasteiger partial charge in [-0.3, -0.25) is 4.79 Å². The van der Waals surface area contributed by atoms with E-state index in [0.717, 1.165) is 17.1 Å². The standard InChI is InChI=1S/C18H28N2O4S/c1-4-24-16-11-10-15(13-17(16)25(22,23)20(2)3)19-18(21)12-14-8-6-5-7-9-14/h10-11,13-14H,4-9,12H2,1-3H3,(H,19,21). The van der Waals surface area contributed by atoms with Crippen LogP contribution in [-0.2, 0) is 14.8 Å². The number of hydrogen-bond donors (Lipinski definition) is 1. The van der Waals surface area contributed by atoms with Gasteiger partial charge in [0.1, 0.15) is 10.6 Å². The van der Waals surface area contributed by atoms with Gasteiger partial charge in [-0.15, -0.1) is 0 Å². The van der Waals surface area contributed by atoms with Gasteiger partial charge in [0.2, 0.25) is 15.9 Å². The fraction of sp³-hybridized carbons (Fsp3) is 0.611. The van der Waals surface area contributed by atoms with Crippen molar-refractivity contribution in [3.8, 4) is 5.75 Å². The maximum Gasteiger partial charge on any atom is 0.246 e. The molecule has 0 heterocycles. The first kappa shape index (κ1) is 19.7. The number of sulfonamides is 1. The Hall–Kier alpha value is -1.60. The van der Waals surface area contributed by atoms with E-state index < -0.39 is 10.0 Å². The van der Waals surface area contributed by atoms with Crippen molar-refractivity contribution in [2.75, 3.05) is 26.0 Å². The van der Waals surface area contributed by atoms with Gasteiger partial charge in [0.15, 0.2) is 0 Å². The third-order valence-electron chi connectivity index (χ3n) is 4.48. The third kappa shape index (κ3) is 5.19. The Morgan fingerprint density at radius 1 is 1.24 bits per heavy atom. The fourth-order valence-corrected chi connectivity index (χ4v) is 4.17. The maximum absolute atomic E-state index is 12.5. The number of hydrogen-bond acceptors (Lipinski definition) is 4. The van der Waals surface area contributed by atoms with E-state index in [9.17, 15) is 13.2 Å². The summed E-state index contributed by atoms with van der Waals surface area (Å²) in [6.45, 7) is 2.16. The SMILES string of the molecule is CCOc1ccc(NC(=O)CC2CCCCC2)cc1S(=O)(=O)N(C)C. The largest absolute Gasteiger partial charge is 0.492 e. The minimum absolute atomic E-state index is 0.0646. The van der Waals surface area contributed by atoms with Gasteiger partial charge in [-0.2, -0.15) is 0 Å². The lowest BCUT2D eigenvalue weighted by molar-refractivity contribution is -0.117. The third-order valence-corrected chi connectivity index (χ3v) is 6.32. The molecule has 0 aromatic heterocycles. The average Bonchev–Trinajstić information content (AvgIpc) is 2.57. The van der Waals surface area contributed by atoms with E-state index in [-0.39, 0.29) is 10.8 Å². The van der Waals surface area contributed by atoms with E-state index in [1.165, 1.54) is 39.4 Å². The van der Waals surface area contributed by atoms with E-state index in [1.54, 1.807) is 19.1 Å². The van der Waals surface area contributed by atoms with Crippen molar-refractivity contribution in [3.05, 3.63) is 18.2 Å². The van der Waals surface area contributed by atoms with Crippen LogP contribution in [0.5, 0.6) is 5.75 Å². The molecule has 1 amide bonds. The van der Waals surface area contributed by atoms with E-state index >= 15 is 0 Å². The highest BCUT2D eigenvalue weighted by Gasteiger charge is 2.24. The van der Waals surface area contributed by atoms with Gasteiger partial charge >= 0.3 is 0 Å². The van der Waals surface area contributed by atoms with E-state index in [4.69, 9.17) is 4.74 Å². The van der Waals surface area contributed by atoms with Crippen LogP contribution in [0, 0.1) is 5.92 Å². The van der Waals surface area contributed by atoms with Gasteiger partial charge in [-0.05, 0) is 43.9 Å². The molecule has 140 valence electrons. The second-order valence-corrected chi connectivity index (χ2v) is 8.76. The summed E-state index contributed by atoms with van der Waals surface area (Å²) in [5.41, 5.74) is 0.477. The molecule has 1 fully saturated rings. The molecule has 1 saturated carbocycles. The molecule has 2 rings (SSSR count). The number of carbonyl (C=O) groups excluding carboxylic acids is 1. The highest BCUT2D eigenvalue weighted by Crippen LogP contribution is 2.30. The summed E-state index contributed by atoms with van der Waals surface area (Å²) in [6, 6.07) is 4.74. The molecule has 25 heavy (non-hydrogen) atoms. The Morgan fingerprint density at radius 3 is 2.52 bits per heavy atom. The first-order chi connectivity index (χ1) is 11.8. The molecular formula is C18H28N2O4S. The Bertz CT molecular complexity index is 695. The van der Waals surface area contributed by atoms with Crippen LogP contribution in [0.3, 0.4) is 0 Å². The molecule has 0 unspecified atom stereocenters. The quantitative estimate of drug-likeness (QED) is 0.802. The zero-order valence-corrected chi connectivity index (χ0v) is 16.1. The first-order valence-corrected chi connectivity index (χ1v) is 10.3. The van der Waals surface area contributed by atoms with Crippen molar-refractivity contribution in [2.45, 2.75) is 50.3 Å². The number of rotatable bonds is 7. The van der Waals surface area contributed by atoms with Gasteiger partial charge in [0, 0.05) is 26.2 Å². The normalized spacial score (nSPS) is 16.0. The number of benzene rings is 1. The molecule has 1 aliphatic carbocycles. The summed E-state index contributed by atoms with van der Waals surface area (Å²) in [6.07, 6.45) is 6.30. The first-order valence-electron chi connectivity index (χ1n) is 8.83. The van der Waals surface area contributed by atoms with Crippen molar-refractivity contribution in [1.29, 1.82) is 0 Å². The van der Waals surface area contributed by atoms with Crippen molar-refractivity contribution >= 4 is 21.6 Å². The molecule has 1 aromatic rings. The molecule has 0 atom stereocenters. The zero-order chi connectivity index (χ0) is 18.4. The van der Waals surface area contributed by atoms with Crippen LogP contribution in [0.1, 0.15) is 45.4 Å². The zero-order valence-electron chi connectivity index (χ0n) is 15.2. The number of amides is 1. The van der Waals surface area contributed by atoms with Gasteiger partial charge in [-0.1, -0.05) is 19.3 Å². The molecule has 0 spiro atoms. The summed E-state index contributed by atoms with van der Waals surface area (Å²) in [4.78, 5) is 12.3. The molecule has 0 radical (unpaired) electrons. The summed E-state index contributed by atoms with van der Waals surface area (Å²) in [5, 5.41) is 2.83. The lowest BCUT2D eigenvalue weighted by Crippen LogP contribution is -2.23. The minimum Gasteiger partial charge on any atom is -0.492 e. The van der Waals surface area contributed by atoms with Crippen LogP contribution in [0.25, 0.3) is 0 Å². The fourth-order valence-electron chi connectivity index (χ4n) is 3.12. The summed E-state index contributed by atoms with van der Waals surface area (Å²) < 4.78 is 31.6. The summed E-state index contributed by atoms with van der Waals surface area (Å²) >= 11 is 0. The second-order valence-electron chi connectivity index (χ2n) is 6.64. The van der Waals surface area contributed by atoms with Crippen molar-refractivity contribution in [1.82, 2.24) is 4.31 Å². The summed E-state index contributed by atoms with van der Waals surface area (Å²) in [7, 11) is -0.715. The van der Waals surface area contributed by atoms with Crippen LogP contribution in [-0.4, -0.2) is 39.3 Å².